The number of carbonyl (C=O) groups excluding carboxylic acids is 1. The van der Waals surface area contributed by atoms with E-state index in [9.17, 15) is 13.2 Å². The Hall–Kier alpha value is -2.93. The smallest absolute Gasteiger partial charge is 0.256 e. The first kappa shape index (κ1) is 18.4. The molecule has 6 nitrogen and oxygen atoms in total. The maximum Gasteiger partial charge on any atom is 0.256 e. The lowest BCUT2D eigenvalue weighted by Gasteiger charge is -2.17. The van der Waals surface area contributed by atoms with E-state index in [4.69, 9.17) is 0 Å². The van der Waals surface area contributed by atoms with Crippen molar-refractivity contribution in [3.8, 4) is 0 Å². The van der Waals surface area contributed by atoms with Crippen molar-refractivity contribution in [1.82, 2.24) is 4.98 Å². The minimum absolute atomic E-state index is 0.180. The first-order valence-corrected chi connectivity index (χ1v) is 10.7. The van der Waals surface area contributed by atoms with Gasteiger partial charge in [0.2, 0.25) is 10.0 Å². The molecule has 2 aromatic carbocycles. The van der Waals surface area contributed by atoms with Gasteiger partial charge in [-0.15, -0.1) is 0 Å². The van der Waals surface area contributed by atoms with Crippen molar-refractivity contribution in [2.24, 2.45) is 0 Å². The molecule has 3 aromatic rings. The minimum Gasteiger partial charge on any atom is -0.322 e. The standard InChI is InChI=1S/C21H21N3O3S/c1-14-4-9-20-18(12-14)19(13-15(2)22-20)21(25)23-16-5-7-17(8-6-16)24-10-3-11-28(24,26)27/h4-9,12-13H,3,10-11H2,1-2H3,(H,23,25). The van der Waals surface area contributed by atoms with E-state index in [-0.39, 0.29) is 11.7 Å². The van der Waals surface area contributed by atoms with Crippen LogP contribution in [0, 0.1) is 13.8 Å². The van der Waals surface area contributed by atoms with Crippen LogP contribution in [0.1, 0.15) is 28.0 Å². The number of amides is 1. The number of hydrogen-bond acceptors (Lipinski definition) is 4. The zero-order valence-corrected chi connectivity index (χ0v) is 16.6. The molecule has 0 unspecified atom stereocenters. The van der Waals surface area contributed by atoms with Crippen molar-refractivity contribution >= 4 is 38.2 Å². The fourth-order valence-electron chi connectivity index (χ4n) is 3.50. The van der Waals surface area contributed by atoms with Gasteiger partial charge < -0.3 is 5.32 Å². The Bertz CT molecular complexity index is 1170. The number of aryl methyl sites for hydroxylation is 2. The van der Waals surface area contributed by atoms with Gasteiger partial charge in [-0.1, -0.05) is 11.6 Å². The van der Waals surface area contributed by atoms with Crippen LogP contribution in [-0.2, 0) is 10.0 Å². The van der Waals surface area contributed by atoms with Crippen LogP contribution in [0.5, 0.6) is 0 Å². The van der Waals surface area contributed by atoms with Gasteiger partial charge in [-0.3, -0.25) is 14.1 Å². The number of carbonyl (C=O) groups is 1. The summed E-state index contributed by atoms with van der Waals surface area (Å²) in [6, 6.07) is 14.5. The fourth-order valence-corrected chi connectivity index (χ4v) is 5.06. The lowest BCUT2D eigenvalue weighted by molar-refractivity contribution is 0.102. The topological polar surface area (TPSA) is 79.4 Å². The van der Waals surface area contributed by atoms with E-state index >= 15 is 0 Å². The Labute approximate surface area is 164 Å². The molecule has 1 N–H and O–H groups in total. The van der Waals surface area contributed by atoms with E-state index in [1.807, 2.05) is 32.0 Å². The molecule has 2 heterocycles. The van der Waals surface area contributed by atoms with E-state index in [2.05, 4.69) is 10.3 Å². The first-order chi connectivity index (χ1) is 13.3. The van der Waals surface area contributed by atoms with Gasteiger partial charge in [-0.05, 0) is 62.7 Å². The molecule has 1 saturated heterocycles. The molecule has 0 aliphatic carbocycles. The summed E-state index contributed by atoms with van der Waals surface area (Å²) in [5.41, 5.74) is 4.42. The van der Waals surface area contributed by atoms with Crippen LogP contribution in [-0.4, -0.2) is 31.6 Å². The van der Waals surface area contributed by atoms with Crippen LogP contribution in [0.4, 0.5) is 11.4 Å². The number of nitrogens with one attached hydrogen (secondary N) is 1. The van der Waals surface area contributed by atoms with E-state index in [0.717, 1.165) is 22.2 Å². The highest BCUT2D eigenvalue weighted by molar-refractivity contribution is 7.93. The summed E-state index contributed by atoms with van der Waals surface area (Å²) in [6.07, 6.45) is 0.634. The third kappa shape index (κ3) is 3.45. The normalized spacial score (nSPS) is 15.7. The van der Waals surface area contributed by atoms with Crippen molar-refractivity contribution < 1.29 is 13.2 Å². The molecular weight excluding hydrogens is 374 g/mol. The summed E-state index contributed by atoms with van der Waals surface area (Å²) in [5.74, 6) is -0.0398. The van der Waals surface area contributed by atoms with Crippen LogP contribution < -0.4 is 9.62 Å². The molecule has 0 bridgehead atoms. The van der Waals surface area contributed by atoms with Crippen molar-refractivity contribution in [1.29, 1.82) is 0 Å². The fraction of sp³-hybridized carbons (Fsp3) is 0.238. The number of rotatable bonds is 3. The monoisotopic (exact) mass is 395 g/mol. The molecule has 1 aliphatic rings. The van der Waals surface area contributed by atoms with Crippen molar-refractivity contribution in [3.63, 3.8) is 0 Å². The van der Waals surface area contributed by atoms with Gasteiger partial charge in [0.05, 0.1) is 22.5 Å². The molecule has 4 rings (SSSR count). The molecule has 144 valence electrons. The molecule has 0 saturated carbocycles. The largest absolute Gasteiger partial charge is 0.322 e. The zero-order chi connectivity index (χ0) is 19.9. The number of fused-ring (bicyclic) bond motifs is 1. The molecular formula is C21H21N3O3S. The van der Waals surface area contributed by atoms with Gasteiger partial charge in [0.1, 0.15) is 0 Å². The highest BCUT2D eigenvalue weighted by Gasteiger charge is 2.28. The maximum atomic E-state index is 12.9. The van der Waals surface area contributed by atoms with Gasteiger partial charge in [0.25, 0.3) is 5.91 Å². The van der Waals surface area contributed by atoms with E-state index in [1.165, 1.54) is 4.31 Å². The summed E-state index contributed by atoms with van der Waals surface area (Å²) in [7, 11) is -3.21. The predicted molar refractivity (Wildman–Crippen MR) is 111 cm³/mol. The van der Waals surface area contributed by atoms with Gasteiger partial charge in [0.15, 0.2) is 0 Å². The second kappa shape index (κ2) is 6.91. The predicted octanol–water partition coefficient (Wildman–Crippen LogP) is 3.64. The van der Waals surface area contributed by atoms with Gasteiger partial charge in [-0.2, -0.15) is 0 Å². The summed E-state index contributed by atoms with van der Waals surface area (Å²) in [4.78, 5) is 17.4. The summed E-state index contributed by atoms with van der Waals surface area (Å²) in [6.45, 7) is 4.34. The van der Waals surface area contributed by atoms with E-state index in [0.29, 0.717) is 29.9 Å². The quantitative estimate of drug-likeness (QED) is 0.734. The maximum absolute atomic E-state index is 12.9. The number of anilines is 2. The Morgan fingerprint density at radius 3 is 2.50 bits per heavy atom. The van der Waals surface area contributed by atoms with Crippen LogP contribution in [0.3, 0.4) is 0 Å². The van der Waals surface area contributed by atoms with E-state index in [1.54, 1.807) is 30.3 Å². The third-order valence-corrected chi connectivity index (χ3v) is 6.72. The minimum atomic E-state index is -3.21. The van der Waals surface area contributed by atoms with Crippen molar-refractivity contribution in [3.05, 3.63) is 65.4 Å². The first-order valence-electron chi connectivity index (χ1n) is 9.13. The molecule has 0 spiro atoms. The molecule has 0 radical (unpaired) electrons. The lowest BCUT2D eigenvalue weighted by Crippen LogP contribution is -2.25. The van der Waals surface area contributed by atoms with Crippen LogP contribution in [0.2, 0.25) is 0 Å². The second-order valence-corrected chi connectivity index (χ2v) is 9.09. The number of hydrogen-bond donors (Lipinski definition) is 1. The summed E-state index contributed by atoms with van der Waals surface area (Å²) in [5, 5.41) is 3.71. The molecule has 0 atom stereocenters. The zero-order valence-electron chi connectivity index (χ0n) is 15.8. The number of benzene rings is 2. The van der Waals surface area contributed by atoms with Gasteiger partial charge in [0, 0.05) is 23.3 Å². The number of pyridine rings is 1. The third-order valence-electron chi connectivity index (χ3n) is 4.85. The Morgan fingerprint density at radius 1 is 1.07 bits per heavy atom. The Kier molecular flexibility index (Phi) is 4.55. The van der Waals surface area contributed by atoms with Crippen LogP contribution >= 0.6 is 0 Å². The number of nitrogens with zero attached hydrogens (tertiary/aromatic N) is 2. The summed E-state index contributed by atoms with van der Waals surface area (Å²) < 4.78 is 25.5. The Morgan fingerprint density at radius 2 is 1.82 bits per heavy atom. The van der Waals surface area contributed by atoms with Gasteiger partial charge >= 0.3 is 0 Å². The second-order valence-electron chi connectivity index (χ2n) is 7.07. The van der Waals surface area contributed by atoms with Crippen molar-refractivity contribution in [2.45, 2.75) is 20.3 Å². The molecule has 1 aromatic heterocycles. The highest BCUT2D eigenvalue weighted by atomic mass is 32.2. The average molecular weight is 395 g/mol. The van der Waals surface area contributed by atoms with Gasteiger partial charge in [-0.25, -0.2) is 8.42 Å². The SMILES string of the molecule is Cc1ccc2nc(C)cc(C(=O)Nc3ccc(N4CCCS4(=O)=O)cc3)c2c1. The number of aromatic nitrogens is 1. The molecule has 1 aliphatic heterocycles. The highest BCUT2D eigenvalue weighted by Crippen LogP contribution is 2.26. The summed E-state index contributed by atoms with van der Waals surface area (Å²) >= 11 is 0. The lowest BCUT2D eigenvalue weighted by atomic mass is 10.0. The number of sulfonamides is 1. The molecule has 28 heavy (non-hydrogen) atoms. The Balaban J connectivity index is 1.61. The van der Waals surface area contributed by atoms with Crippen LogP contribution in [0.25, 0.3) is 10.9 Å². The molecule has 7 heteroatoms. The molecule has 1 fully saturated rings. The van der Waals surface area contributed by atoms with E-state index < -0.39 is 10.0 Å². The average Bonchev–Trinajstić information content (AvgIpc) is 3.01. The van der Waals surface area contributed by atoms with Crippen molar-refractivity contribution in [2.75, 3.05) is 21.9 Å². The van der Waals surface area contributed by atoms with Crippen LogP contribution in [0.15, 0.2) is 48.5 Å². The molecule has 1 amide bonds.